The molecule has 0 aliphatic heterocycles. The molecule has 0 aliphatic carbocycles. The summed E-state index contributed by atoms with van der Waals surface area (Å²) in [5.74, 6) is 0.105. The monoisotopic (exact) mass is 183 g/mol. The van der Waals surface area contributed by atoms with Gasteiger partial charge in [0.05, 0.1) is 12.3 Å². The minimum Gasteiger partial charge on any atom is -0.494 e. The molecule has 0 aliphatic rings. The van der Waals surface area contributed by atoms with Gasteiger partial charge in [-0.2, -0.15) is 4.99 Å². The van der Waals surface area contributed by atoms with Gasteiger partial charge < -0.3 is 4.74 Å². The lowest BCUT2D eigenvalue weighted by Gasteiger charge is -2.01. The summed E-state index contributed by atoms with van der Waals surface area (Å²) in [4.78, 5) is 3.64. The molecule has 0 saturated heterocycles. The molecule has 0 radical (unpaired) electrons. The highest BCUT2D eigenvalue weighted by molar-refractivity contribution is 7.78. The number of ether oxygens (including phenoxy) is 1. The van der Waals surface area contributed by atoms with Gasteiger partial charge in [0.15, 0.2) is 0 Å². The fraction of sp³-hybridized carbons (Fsp3) is 0.125. The van der Waals surface area contributed by atoms with Crippen molar-refractivity contribution in [3.05, 3.63) is 24.0 Å². The third kappa shape index (κ3) is 1.87. The molecule has 0 aromatic heterocycles. The van der Waals surface area contributed by atoms with E-state index in [0.717, 1.165) is 0 Å². The zero-order valence-electron chi connectivity index (χ0n) is 6.37. The first-order valence-electron chi connectivity index (χ1n) is 3.19. The Morgan fingerprint density at radius 3 is 2.92 bits per heavy atom. The van der Waals surface area contributed by atoms with Gasteiger partial charge in [0.1, 0.15) is 17.3 Å². The summed E-state index contributed by atoms with van der Waals surface area (Å²) in [5, 5.41) is 2.15. The molecule has 0 saturated carbocycles. The van der Waals surface area contributed by atoms with E-state index in [4.69, 9.17) is 4.74 Å². The fourth-order valence-corrected chi connectivity index (χ4v) is 0.898. The summed E-state index contributed by atoms with van der Waals surface area (Å²) in [7, 11) is 1.48. The lowest BCUT2D eigenvalue weighted by Crippen LogP contribution is -1.83. The molecule has 0 N–H and O–H groups in total. The predicted octanol–water partition coefficient (Wildman–Crippen LogP) is 2.57. The van der Waals surface area contributed by atoms with Crippen molar-refractivity contribution < 1.29 is 9.13 Å². The summed E-state index contributed by atoms with van der Waals surface area (Å²) in [6, 6.07) is 4.01. The molecule has 0 bridgehead atoms. The van der Waals surface area contributed by atoms with Gasteiger partial charge in [-0.25, -0.2) is 4.39 Å². The molecular weight excluding hydrogens is 177 g/mol. The van der Waals surface area contributed by atoms with Gasteiger partial charge in [0, 0.05) is 6.07 Å². The number of methoxy groups -OCH3 is 1. The lowest BCUT2D eigenvalue weighted by atomic mass is 10.3. The second-order valence-corrected chi connectivity index (χ2v) is 2.20. The quantitative estimate of drug-likeness (QED) is 0.519. The maximum atomic E-state index is 12.6. The summed E-state index contributed by atoms with van der Waals surface area (Å²) in [6.07, 6.45) is 0. The number of benzene rings is 1. The van der Waals surface area contributed by atoms with Crippen molar-refractivity contribution in [2.75, 3.05) is 7.11 Å². The normalized spacial score (nSPS) is 8.83. The minimum atomic E-state index is -0.375. The summed E-state index contributed by atoms with van der Waals surface area (Å²) in [6.45, 7) is 0. The molecule has 1 aromatic carbocycles. The van der Waals surface area contributed by atoms with Gasteiger partial charge in [-0.15, -0.1) is 0 Å². The molecule has 2 nitrogen and oxygen atoms in total. The molecule has 1 rings (SSSR count). The molecule has 62 valence electrons. The van der Waals surface area contributed by atoms with Crippen molar-refractivity contribution in [1.82, 2.24) is 0 Å². The van der Waals surface area contributed by atoms with E-state index in [-0.39, 0.29) is 5.82 Å². The number of hydrogen-bond donors (Lipinski definition) is 0. The largest absolute Gasteiger partial charge is 0.494 e. The molecule has 1 aromatic rings. The van der Waals surface area contributed by atoms with Gasteiger partial charge in [-0.1, -0.05) is 0 Å². The van der Waals surface area contributed by atoms with Gasteiger partial charge in [0.2, 0.25) is 0 Å². The van der Waals surface area contributed by atoms with E-state index >= 15 is 0 Å². The highest BCUT2D eigenvalue weighted by Crippen LogP contribution is 2.26. The number of rotatable bonds is 2. The first-order valence-corrected chi connectivity index (χ1v) is 3.60. The Balaban J connectivity index is 3.20. The number of aliphatic imine (C=N–C) groups is 1. The molecule has 0 fully saturated rings. The smallest absolute Gasteiger partial charge is 0.145 e. The second-order valence-electron chi connectivity index (χ2n) is 2.02. The van der Waals surface area contributed by atoms with Crippen LogP contribution in [0.3, 0.4) is 0 Å². The van der Waals surface area contributed by atoms with Gasteiger partial charge >= 0.3 is 0 Å². The predicted molar refractivity (Wildman–Crippen MR) is 47.6 cm³/mol. The Labute approximate surface area is 74.7 Å². The molecule has 12 heavy (non-hydrogen) atoms. The summed E-state index contributed by atoms with van der Waals surface area (Å²) >= 11 is 4.39. The Morgan fingerprint density at radius 1 is 1.58 bits per heavy atom. The van der Waals surface area contributed by atoms with Crippen LogP contribution in [-0.2, 0) is 0 Å². The van der Waals surface area contributed by atoms with Gasteiger partial charge in [-0.3, -0.25) is 0 Å². The highest BCUT2D eigenvalue weighted by atomic mass is 32.1. The first kappa shape index (κ1) is 8.84. The van der Waals surface area contributed by atoms with Crippen molar-refractivity contribution >= 4 is 23.1 Å². The SMILES string of the molecule is COc1ccc(F)cc1N=C=S. The van der Waals surface area contributed by atoms with Crippen LogP contribution >= 0.6 is 12.2 Å². The van der Waals surface area contributed by atoms with Crippen LogP contribution in [0.15, 0.2) is 23.2 Å². The second kappa shape index (κ2) is 3.95. The minimum absolute atomic E-state index is 0.354. The van der Waals surface area contributed by atoms with Gasteiger partial charge in [-0.05, 0) is 24.4 Å². The number of isothiocyanates is 1. The fourth-order valence-electron chi connectivity index (χ4n) is 0.800. The first-order chi connectivity index (χ1) is 5.77. The molecule has 0 amide bonds. The van der Waals surface area contributed by atoms with E-state index in [0.29, 0.717) is 11.4 Å². The van der Waals surface area contributed by atoms with Crippen LogP contribution in [0.4, 0.5) is 10.1 Å². The molecule has 4 heteroatoms. The van der Waals surface area contributed by atoms with E-state index in [1.807, 2.05) is 0 Å². The van der Waals surface area contributed by atoms with Crippen LogP contribution in [-0.4, -0.2) is 12.3 Å². The van der Waals surface area contributed by atoms with Crippen molar-refractivity contribution in [2.24, 2.45) is 4.99 Å². The van der Waals surface area contributed by atoms with E-state index in [1.54, 1.807) is 0 Å². The van der Waals surface area contributed by atoms with E-state index in [1.165, 1.54) is 25.3 Å². The Bertz CT molecular complexity index is 334. The Morgan fingerprint density at radius 2 is 2.33 bits per heavy atom. The third-order valence-electron chi connectivity index (χ3n) is 1.31. The summed E-state index contributed by atoms with van der Waals surface area (Å²) in [5.41, 5.74) is 0.354. The number of thiocarbonyl (C=S) groups is 1. The average molecular weight is 183 g/mol. The lowest BCUT2D eigenvalue weighted by molar-refractivity contribution is 0.415. The van der Waals surface area contributed by atoms with Crippen LogP contribution in [0.2, 0.25) is 0 Å². The number of hydrogen-bond acceptors (Lipinski definition) is 3. The molecule has 0 heterocycles. The third-order valence-corrected chi connectivity index (χ3v) is 1.40. The van der Waals surface area contributed by atoms with Crippen LogP contribution in [0.25, 0.3) is 0 Å². The molecular formula is C8H6FNOS. The Hall–Kier alpha value is -1.25. The van der Waals surface area contributed by atoms with Crippen molar-refractivity contribution in [3.63, 3.8) is 0 Å². The number of halogens is 1. The van der Waals surface area contributed by atoms with E-state index in [2.05, 4.69) is 22.4 Å². The number of nitrogens with zero attached hydrogens (tertiary/aromatic N) is 1. The molecule has 0 unspecified atom stereocenters. The zero-order valence-corrected chi connectivity index (χ0v) is 7.19. The summed E-state index contributed by atoms with van der Waals surface area (Å²) < 4.78 is 17.5. The van der Waals surface area contributed by atoms with Crippen molar-refractivity contribution in [1.29, 1.82) is 0 Å². The Kier molecular flexibility index (Phi) is 2.91. The molecule has 0 spiro atoms. The standard InChI is InChI=1S/C8H6FNOS/c1-11-8-3-2-6(9)4-7(8)10-5-12/h2-4H,1H3. The maximum absolute atomic E-state index is 12.6. The van der Waals surface area contributed by atoms with E-state index < -0.39 is 0 Å². The van der Waals surface area contributed by atoms with E-state index in [9.17, 15) is 4.39 Å². The van der Waals surface area contributed by atoms with Crippen LogP contribution in [0.5, 0.6) is 5.75 Å². The zero-order chi connectivity index (χ0) is 8.97. The average Bonchev–Trinajstić information content (AvgIpc) is 2.05. The van der Waals surface area contributed by atoms with Crippen LogP contribution < -0.4 is 4.74 Å². The molecule has 0 atom stereocenters. The highest BCUT2D eigenvalue weighted by Gasteiger charge is 2.01. The van der Waals surface area contributed by atoms with Crippen LogP contribution in [0, 0.1) is 5.82 Å². The van der Waals surface area contributed by atoms with Crippen LogP contribution in [0.1, 0.15) is 0 Å². The maximum Gasteiger partial charge on any atom is 0.145 e. The van der Waals surface area contributed by atoms with Crippen molar-refractivity contribution in [3.8, 4) is 5.75 Å². The topological polar surface area (TPSA) is 21.6 Å². The van der Waals surface area contributed by atoms with Gasteiger partial charge in [0.25, 0.3) is 0 Å². The van der Waals surface area contributed by atoms with Crippen molar-refractivity contribution in [2.45, 2.75) is 0 Å².